The molecule has 1 nitrogen and oxygen atoms in total. The molecule has 0 unspecified atom stereocenters. The predicted octanol–water partition coefficient (Wildman–Crippen LogP) is 11.8. The lowest BCUT2D eigenvalue weighted by Gasteiger charge is -2.01. The SMILES string of the molecule is C=C.C=CC=C.CC(C)=C(C)C#N.CCCC.CCCCCCC.CCCc1ccccc1C. The molecule has 0 atom stereocenters. The standard InChI is InChI=1S/C10H14.C7H16.C6H9N.C4H10.C4H6.C2H4/c1-3-6-10-8-5-4-7-9(10)2;1-3-5-7-6-4-2;1-5(2)6(3)4-7;2*1-3-4-2;1-2/h4-5,7-8H,3,6H2,1-2H3;3-7H2,1-2H3;1-3H3;3-4H2,1-2H3;3-4H,1-2H2;1-2H2. The summed E-state index contributed by atoms with van der Waals surface area (Å²) in [7, 11) is 0. The van der Waals surface area contributed by atoms with Gasteiger partial charge in [0.05, 0.1) is 6.07 Å². The van der Waals surface area contributed by atoms with Crippen molar-refractivity contribution < 1.29 is 0 Å². The fourth-order valence-corrected chi connectivity index (χ4v) is 1.95. The molecule has 0 N–H and O–H groups in total. The van der Waals surface area contributed by atoms with Crippen LogP contribution in [0, 0.1) is 18.3 Å². The first-order valence-corrected chi connectivity index (χ1v) is 13.1. The Morgan fingerprint density at radius 2 is 1.21 bits per heavy atom. The molecule has 0 aliphatic carbocycles. The summed E-state index contributed by atoms with van der Waals surface area (Å²) in [4.78, 5) is 0. The van der Waals surface area contributed by atoms with Crippen LogP contribution in [0.4, 0.5) is 0 Å². The van der Waals surface area contributed by atoms with Crippen molar-refractivity contribution in [2.45, 2.75) is 120 Å². The van der Waals surface area contributed by atoms with Crippen LogP contribution >= 0.6 is 0 Å². The zero-order valence-corrected chi connectivity index (χ0v) is 24.6. The van der Waals surface area contributed by atoms with E-state index in [9.17, 15) is 0 Å². The maximum Gasteiger partial charge on any atom is 0.0943 e. The summed E-state index contributed by atoms with van der Waals surface area (Å²) in [5.74, 6) is 0. The van der Waals surface area contributed by atoms with Crippen LogP contribution in [0.1, 0.15) is 118 Å². The summed E-state index contributed by atoms with van der Waals surface area (Å²) in [5, 5.41) is 8.20. The first kappa shape index (κ1) is 41.9. The lowest BCUT2D eigenvalue weighted by atomic mass is 10.1. The summed E-state index contributed by atoms with van der Waals surface area (Å²) in [5.41, 5.74) is 4.83. The van der Waals surface area contributed by atoms with E-state index in [0.717, 1.165) is 11.1 Å². The number of benzene rings is 1. The number of hydrogen-bond donors (Lipinski definition) is 0. The minimum absolute atomic E-state index is 0.819. The maximum atomic E-state index is 8.20. The number of nitrogens with zero attached hydrogens (tertiary/aromatic N) is 1. The minimum Gasteiger partial charge on any atom is -0.193 e. The molecule has 0 aliphatic heterocycles. The first-order valence-electron chi connectivity index (χ1n) is 13.1. The van der Waals surface area contributed by atoms with Gasteiger partial charge < -0.3 is 0 Å². The average molecular weight is 470 g/mol. The Morgan fingerprint density at radius 1 is 0.765 bits per heavy atom. The van der Waals surface area contributed by atoms with Crippen molar-refractivity contribution in [1.82, 2.24) is 0 Å². The van der Waals surface area contributed by atoms with Gasteiger partial charge in [-0.2, -0.15) is 5.26 Å². The Morgan fingerprint density at radius 3 is 1.44 bits per heavy atom. The third-order valence-corrected chi connectivity index (χ3v) is 4.57. The van der Waals surface area contributed by atoms with Gasteiger partial charge in [0.1, 0.15) is 0 Å². The van der Waals surface area contributed by atoms with E-state index in [1.165, 1.54) is 68.9 Å². The highest BCUT2D eigenvalue weighted by molar-refractivity contribution is 5.25. The topological polar surface area (TPSA) is 23.8 Å². The van der Waals surface area contributed by atoms with Gasteiger partial charge in [0.15, 0.2) is 0 Å². The van der Waals surface area contributed by atoms with E-state index in [4.69, 9.17) is 5.26 Å². The third kappa shape index (κ3) is 43.5. The monoisotopic (exact) mass is 469 g/mol. The van der Waals surface area contributed by atoms with Crippen LogP contribution in [0.3, 0.4) is 0 Å². The number of nitriles is 1. The molecular formula is C33H59N. The smallest absolute Gasteiger partial charge is 0.0943 e. The van der Waals surface area contributed by atoms with Gasteiger partial charge in [-0.3, -0.25) is 0 Å². The van der Waals surface area contributed by atoms with Gasteiger partial charge in [-0.05, 0) is 45.2 Å². The molecule has 0 saturated carbocycles. The highest BCUT2D eigenvalue weighted by atomic mass is 14.2. The second kappa shape index (κ2) is 41.0. The molecule has 0 amide bonds. The summed E-state index contributed by atoms with van der Waals surface area (Å²) < 4.78 is 0. The van der Waals surface area contributed by atoms with Gasteiger partial charge in [0.25, 0.3) is 0 Å². The summed E-state index contributed by atoms with van der Waals surface area (Å²) >= 11 is 0. The van der Waals surface area contributed by atoms with Crippen LogP contribution in [0.15, 0.2) is 73.9 Å². The summed E-state index contributed by atoms with van der Waals surface area (Å²) in [6.45, 7) is 31.6. The van der Waals surface area contributed by atoms with Gasteiger partial charge in [-0.1, -0.05) is 141 Å². The van der Waals surface area contributed by atoms with Crippen molar-refractivity contribution in [3.8, 4) is 6.07 Å². The lowest BCUT2D eigenvalue weighted by Crippen LogP contribution is -1.85. The second-order valence-corrected chi connectivity index (χ2v) is 7.95. The highest BCUT2D eigenvalue weighted by Crippen LogP contribution is 2.08. The van der Waals surface area contributed by atoms with Gasteiger partial charge in [-0.15, -0.1) is 13.2 Å². The molecule has 0 spiro atoms. The minimum atomic E-state index is 0.819. The molecule has 1 aromatic rings. The van der Waals surface area contributed by atoms with Gasteiger partial charge in [0, 0.05) is 5.57 Å². The van der Waals surface area contributed by atoms with Crippen molar-refractivity contribution in [1.29, 1.82) is 5.26 Å². The van der Waals surface area contributed by atoms with E-state index >= 15 is 0 Å². The van der Waals surface area contributed by atoms with Crippen LogP contribution in [0.2, 0.25) is 0 Å². The van der Waals surface area contributed by atoms with Gasteiger partial charge in [-0.25, -0.2) is 0 Å². The van der Waals surface area contributed by atoms with E-state index in [1.54, 1.807) is 12.2 Å². The van der Waals surface area contributed by atoms with Crippen LogP contribution in [0.5, 0.6) is 0 Å². The highest BCUT2D eigenvalue weighted by Gasteiger charge is 1.92. The van der Waals surface area contributed by atoms with Crippen molar-refractivity contribution >= 4 is 0 Å². The molecule has 1 rings (SSSR count). The zero-order chi connectivity index (χ0) is 27.6. The number of aryl methyl sites for hydroxylation is 2. The number of rotatable bonds is 8. The number of allylic oxidation sites excluding steroid dienone is 4. The molecule has 0 radical (unpaired) electrons. The van der Waals surface area contributed by atoms with Crippen molar-refractivity contribution in [3.63, 3.8) is 0 Å². The van der Waals surface area contributed by atoms with E-state index in [2.05, 4.69) is 92.1 Å². The normalized spacial score (nSPS) is 7.88. The maximum absolute atomic E-state index is 8.20. The molecule has 1 aromatic carbocycles. The Kier molecular flexibility index (Phi) is 50.5. The molecule has 0 aromatic heterocycles. The zero-order valence-electron chi connectivity index (χ0n) is 24.6. The van der Waals surface area contributed by atoms with Crippen molar-refractivity contribution in [3.05, 3.63) is 85.0 Å². The second-order valence-electron chi connectivity index (χ2n) is 7.95. The largest absolute Gasteiger partial charge is 0.193 e. The first-order chi connectivity index (χ1) is 16.3. The quantitative estimate of drug-likeness (QED) is 0.161. The Balaban J connectivity index is -0.000000106. The predicted molar refractivity (Wildman–Crippen MR) is 161 cm³/mol. The Hall–Kier alpha value is -2.33. The molecule has 0 fully saturated rings. The van der Waals surface area contributed by atoms with Crippen LogP contribution in [0.25, 0.3) is 0 Å². The molecule has 1 heteroatoms. The van der Waals surface area contributed by atoms with Gasteiger partial charge >= 0.3 is 0 Å². The Labute approximate surface area is 216 Å². The fraction of sp³-hybridized carbons (Fsp3) is 0.545. The van der Waals surface area contributed by atoms with Crippen LogP contribution in [-0.2, 0) is 6.42 Å². The molecule has 34 heavy (non-hydrogen) atoms. The molecule has 196 valence electrons. The fourth-order valence-electron chi connectivity index (χ4n) is 1.95. The van der Waals surface area contributed by atoms with Crippen molar-refractivity contribution in [2.24, 2.45) is 0 Å². The van der Waals surface area contributed by atoms with E-state index < -0.39 is 0 Å². The summed E-state index contributed by atoms with van der Waals surface area (Å²) in [6.07, 6.45) is 15.4. The molecule has 0 saturated heterocycles. The van der Waals surface area contributed by atoms with E-state index in [1.807, 2.05) is 26.8 Å². The number of unbranched alkanes of at least 4 members (excludes halogenated alkanes) is 5. The van der Waals surface area contributed by atoms with E-state index in [-0.39, 0.29) is 0 Å². The van der Waals surface area contributed by atoms with E-state index in [0.29, 0.717) is 0 Å². The molecule has 0 heterocycles. The van der Waals surface area contributed by atoms with Gasteiger partial charge in [0.2, 0.25) is 0 Å². The number of hydrogen-bond acceptors (Lipinski definition) is 1. The Bertz CT molecular complexity index is 585. The van der Waals surface area contributed by atoms with Crippen LogP contribution in [-0.4, -0.2) is 0 Å². The molecular weight excluding hydrogens is 410 g/mol. The van der Waals surface area contributed by atoms with Crippen LogP contribution < -0.4 is 0 Å². The van der Waals surface area contributed by atoms with Crippen molar-refractivity contribution in [2.75, 3.05) is 0 Å². The lowest BCUT2D eigenvalue weighted by molar-refractivity contribution is 0.656. The summed E-state index contributed by atoms with van der Waals surface area (Å²) in [6, 6.07) is 10.6. The average Bonchev–Trinajstić information content (AvgIpc) is 2.87. The third-order valence-electron chi connectivity index (χ3n) is 4.57. The molecule has 0 aliphatic rings. The molecule has 0 bridgehead atoms.